The Morgan fingerprint density at radius 1 is 0.527 bits per heavy atom. The van der Waals surface area contributed by atoms with Crippen molar-refractivity contribution in [1.82, 2.24) is 9.55 Å². The van der Waals surface area contributed by atoms with Gasteiger partial charge in [-0.25, -0.2) is 4.98 Å². The third-order valence-corrected chi connectivity index (χ3v) is 15.7. The van der Waals surface area contributed by atoms with E-state index in [1.54, 1.807) is 0 Å². The van der Waals surface area contributed by atoms with Crippen LogP contribution in [-0.4, -0.2) is 9.55 Å². The summed E-state index contributed by atoms with van der Waals surface area (Å²) in [6.45, 7) is 32.6. The van der Waals surface area contributed by atoms with Crippen LogP contribution < -0.4 is 14.5 Å². The molecule has 2 aliphatic rings. The topological polar surface area (TPSA) is 33.5 Å². The van der Waals surface area contributed by atoms with Gasteiger partial charge in [0.2, 0.25) is 0 Å². The van der Waals surface area contributed by atoms with Gasteiger partial charge in [0.1, 0.15) is 5.82 Å². The molecule has 6 heteroatoms. The Kier molecular flexibility index (Phi) is 12.7. The molecule has 2 aromatic heterocycles. The zero-order chi connectivity index (χ0) is 51.4. The van der Waals surface area contributed by atoms with E-state index in [2.05, 4.69) is 257 Å². The van der Waals surface area contributed by atoms with Crippen LogP contribution in [0, 0.1) is 18.8 Å². The maximum Gasteiger partial charge on any atom is 0.135 e. The summed E-state index contributed by atoms with van der Waals surface area (Å²) < 4.78 is 8.97. The van der Waals surface area contributed by atoms with Crippen molar-refractivity contribution in [1.29, 1.82) is 0 Å². The Morgan fingerprint density at radius 2 is 1.14 bits per heavy atom. The second-order valence-corrected chi connectivity index (χ2v) is 25.0. The Hall–Kier alpha value is -6.42. The maximum atomic E-state index is 6.76. The van der Waals surface area contributed by atoms with Crippen molar-refractivity contribution < 1.29 is 25.8 Å². The number of pyridine rings is 1. The van der Waals surface area contributed by atoms with E-state index >= 15 is 0 Å². The molecule has 0 atom stereocenters. The number of hydrogen-bond acceptors (Lipinski definition) is 4. The molecule has 11 rings (SSSR count). The molecule has 0 bridgehead atoms. The first-order chi connectivity index (χ1) is 34.5. The number of rotatable bonds is 7. The van der Waals surface area contributed by atoms with Crippen LogP contribution in [-0.2, 0) is 48.1 Å². The zero-order valence-corrected chi connectivity index (χ0v) is 47.7. The van der Waals surface area contributed by atoms with Gasteiger partial charge in [-0.1, -0.05) is 180 Å². The normalized spacial score (nSPS) is 15.3. The average molecular weight is 1150 g/mol. The fourth-order valence-corrected chi connectivity index (χ4v) is 11.1. The Morgan fingerprint density at radius 3 is 1.82 bits per heavy atom. The van der Waals surface area contributed by atoms with Crippen LogP contribution in [0.25, 0.3) is 49.9 Å². The van der Waals surface area contributed by atoms with E-state index in [0.29, 0.717) is 11.5 Å². The number of nitrogens with zero attached hydrogens (tertiary/aromatic N) is 4. The smallest absolute Gasteiger partial charge is 0.135 e. The number of anilines is 4. The van der Waals surface area contributed by atoms with Crippen molar-refractivity contribution in [3.05, 3.63) is 198 Å². The first-order valence-corrected chi connectivity index (χ1v) is 26.2. The Labute approximate surface area is 454 Å². The van der Waals surface area contributed by atoms with Crippen molar-refractivity contribution >= 4 is 44.6 Å². The number of ether oxygens (including phenoxy) is 1. The molecule has 0 fully saturated rings. The molecule has 380 valence electrons. The van der Waals surface area contributed by atoms with E-state index in [1.165, 1.54) is 56.5 Å². The molecule has 0 spiro atoms. The van der Waals surface area contributed by atoms with Crippen molar-refractivity contribution in [2.24, 2.45) is 0 Å². The number of fused-ring (bicyclic) bond motifs is 5. The summed E-state index contributed by atoms with van der Waals surface area (Å²) in [5.41, 5.74) is 17.8. The summed E-state index contributed by atoms with van der Waals surface area (Å²) in [4.78, 5) is 9.57. The molecule has 9 aromatic rings. The predicted molar refractivity (Wildman–Crippen MR) is 306 cm³/mol. The van der Waals surface area contributed by atoms with Crippen molar-refractivity contribution in [2.45, 2.75) is 130 Å². The molecule has 0 radical (unpaired) electrons. The molecule has 5 nitrogen and oxygen atoms in total. The second-order valence-electron chi connectivity index (χ2n) is 25.0. The van der Waals surface area contributed by atoms with E-state index in [1.807, 2.05) is 18.3 Å². The molecular weight excluding hydrogens is 1080 g/mol. The summed E-state index contributed by atoms with van der Waals surface area (Å²) in [7, 11) is 0. The molecule has 0 saturated heterocycles. The summed E-state index contributed by atoms with van der Waals surface area (Å²) in [5, 5.41) is 2.24. The van der Waals surface area contributed by atoms with Gasteiger partial charge in [-0.2, -0.15) is 12.1 Å². The van der Waals surface area contributed by atoms with Crippen molar-refractivity contribution in [2.75, 3.05) is 9.80 Å². The SMILES string of the molecule is CC(C)(C)c1cc(-c2cccc(-c3ccc4c(c3)C(C)(C)CCC4(C)C)c2N2[CH-]N(c3[c-]c(Oc4[c-]c5c(cc4)c4ccccc4n5-c4cc(C(C)(C)C)ccn4)ccc3)c3ccccc32)cc(C(C)(C)C)c1.[Pt]. The monoisotopic (exact) mass is 1150 g/mol. The van der Waals surface area contributed by atoms with Crippen LogP contribution in [0.2, 0.25) is 0 Å². The average Bonchev–Trinajstić information content (AvgIpc) is 3.90. The minimum Gasteiger partial charge on any atom is -0.509 e. The van der Waals surface area contributed by atoms with Gasteiger partial charge in [0.05, 0.1) is 0 Å². The number of hydrogen-bond donors (Lipinski definition) is 0. The predicted octanol–water partition coefficient (Wildman–Crippen LogP) is 18.6. The summed E-state index contributed by atoms with van der Waals surface area (Å²) in [5.74, 6) is 2.06. The first kappa shape index (κ1) is 51.1. The van der Waals surface area contributed by atoms with E-state index in [0.717, 1.165) is 56.8 Å². The zero-order valence-electron chi connectivity index (χ0n) is 45.4. The molecule has 0 saturated carbocycles. The van der Waals surface area contributed by atoms with E-state index in [-0.39, 0.29) is 48.1 Å². The fourth-order valence-electron chi connectivity index (χ4n) is 11.1. The third-order valence-electron chi connectivity index (χ3n) is 15.7. The van der Waals surface area contributed by atoms with Crippen LogP contribution in [0.4, 0.5) is 22.7 Å². The fraction of sp³-hybridized carbons (Fsp3) is 0.294. The van der Waals surface area contributed by atoms with Crippen LogP contribution in [0.3, 0.4) is 0 Å². The van der Waals surface area contributed by atoms with Crippen LogP contribution >= 0.6 is 0 Å². The summed E-state index contributed by atoms with van der Waals surface area (Å²) >= 11 is 0. The third kappa shape index (κ3) is 9.18. The van der Waals surface area contributed by atoms with Gasteiger partial charge in [-0.15, -0.1) is 48.1 Å². The molecule has 1 aliphatic carbocycles. The molecule has 3 heterocycles. The minimum absolute atomic E-state index is 0. The van der Waals surface area contributed by atoms with Crippen molar-refractivity contribution in [3.8, 4) is 39.6 Å². The van der Waals surface area contributed by atoms with Crippen LogP contribution in [0.1, 0.15) is 131 Å². The Balaban J connectivity index is 0.00000626. The minimum atomic E-state index is -0.0477. The van der Waals surface area contributed by atoms with E-state index in [9.17, 15) is 0 Å². The standard InChI is InChI=1S/C68H69N4O.Pt/c1-64(2,3)46-32-35-69-62(40-46)72-58-25-15-14-22-54(58)55-30-29-51(42-61(55)72)73-50-21-18-20-49(41-50)70-43-71(60-27-17-16-26-59(60)70)63-52(44-28-31-56-57(38-44)68(12,13)34-33-67(56,10)11)23-19-24-53(63)45-36-47(65(4,5)6)39-48(37-45)66(7,8)9;/h14-32,35-40,43H,33-34H2,1-13H3;/q-3;. The van der Waals surface area contributed by atoms with Gasteiger partial charge in [0, 0.05) is 72.5 Å². The molecule has 0 amide bonds. The Bertz CT molecular complexity index is 3580. The molecule has 1 aliphatic heterocycles. The van der Waals surface area contributed by atoms with Crippen LogP contribution in [0.5, 0.6) is 11.5 Å². The summed E-state index contributed by atoms with van der Waals surface area (Å²) in [6.07, 6.45) is 4.24. The van der Waals surface area contributed by atoms with E-state index in [4.69, 9.17) is 9.72 Å². The largest absolute Gasteiger partial charge is 0.509 e. The van der Waals surface area contributed by atoms with Gasteiger partial charge in [-0.05, 0) is 115 Å². The van der Waals surface area contributed by atoms with Gasteiger partial charge >= 0.3 is 0 Å². The van der Waals surface area contributed by atoms with Crippen molar-refractivity contribution in [3.63, 3.8) is 0 Å². The maximum absolute atomic E-state index is 6.76. The quantitative estimate of drug-likeness (QED) is 0.149. The molecule has 7 aromatic carbocycles. The molecular formula is C68H69N4OPt-3. The first-order valence-electron chi connectivity index (χ1n) is 26.2. The van der Waals surface area contributed by atoms with Gasteiger partial charge in [0.25, 0.3) is 0 Å². The van der Waals surface area contributed by atoms with Gasteiger partial charge in [0.15, 0.2) is 0 Å². The summed E-state index contributed by atoms with van der Waals surface area (Å²) in [6, 6.07) is 60.7. The van der Waals surface area contributed by atoms with Crippen LogP contribution in [0.15, 0.2) is 152 Å². The molecule has 74 heavy (non-hydrogen) atoms. The van der Waals surface area contributed by atoms with E-state index < -0.39 is 0 Å². The number of aromatic nitrogens is 2. The second kappa shape index (κ2) is 18.4. The van der Waals surface area contributed by atoms with Gasteiger partial charge in [-0.3, -0.25) is 0 Å². The number of benzene rings is 7. The molecule has 0 unspecified atom stereocenters. The number of para-hydroxylation sites is 4. The molecule has 0 N–H and O–H groups in total. The van der Waals surface area contributed by atoms with Gasteiger partial charge < -0.3 is 19.1 Å².